The van der Waals surface area contributed by atoms with Crippen LogP contribution in [-0.2, 0) is 16.4 Å². The van der Waals surface area contributed by atoms with Crippen LogP contribution in [0, 0.1) is 0 Å². The zero-order valence-corrected chi connectivity index (χ0v) is 19.7. The number of nitrogens with one attached hydrogen (secondary N) is 2. The van der Waals surface area contributed by atoms with Gasteiger partial charge in [0, 0.05) is 12.1 Å². The van der Waals surface area contributed by atoms with Crippen LogP contribution in [0.2, 0.25) is 0 Å². The maximum Gasteiger partial charge on any atom is 0.251 e. The summed E-state index contributed by atoms with van der Waals surface area (Å²) in [5.41, 5.74) is 2.14. The first kappa shape index (κ1) is 24.3. The average molecular weight is 469 g/mol. The van der Waals surface area contributed by atoms with Crippen LogP contribution in [0.5, 0.6) is 11.5 Å². The molecule has 0 saturated carbocycles. The minimum absolute atomic E-state index is 0.0807. The van der Waals surface area contributed by atoms with Crippen molar-refractivity contribution in [2.75, 3.05) is 20.8 Å². The SMILES string of the molecule is COc1ccc([C@@H](C)NC(=O)c2ccc(OC)c(S(=O)(=O)NCCc3ccccc3)c2)cc1. The topological polar surface area (TPSA) is 93.7 Å². The number of benzene rings is 3. The van der Waals surface area contributed by atoms with Crippen molar-refractivity contribution in [3.8, 4) is 11.5 Å². The van der Waals surface area contributed by atoms with Gasteiger partial charge in [-0.25, -0.2) is 13.1 Å². The molecule has 0 aromatic heterocycles. The van der Waals surface area contributed by atoms with Crippen LogP contribution < -0.4 is 19.5 Å². The molecule has 1 atom stereocenters. The van der Waals surface area contributed by atoms with Gasteiger partial charge in [0.25, 0.3) is 5.91 Å². The van der Waals surface area contributed by atoms with Crippen LogP contribution in [0.4, 0.5) is 0 Å². The average Bonchev–Trinajstić information content (AvgIpc) is 2.84. The molecular formula is C25H28N2O5S. The van der Waals surface area contributed by atoms with Gasteiger partial charge in [-0.15, -0.1) is 0 Å². The molecule has 3 rings (SSSR count). The maximum absolute atomic E-state index is 12.9. The van der Waals surface area contributed by atoms with Crippen molar-refractivity contribution < 1.29 is 22.7 Å². The van der Waals surface area contributed by atoms with E-state index < -0.39 is 10.0 Å². The third-order valence-corrected chi connectivity index (χ3v) is 6.71. The summed E-state index contributed by atoms with van der Waals surface area (Å²) in [4.78, 5) is 12.8. The Bertz CT molecular complexity index is 1180. The molecule has 2 N–H and O–H groups in total. The number of hydrogen-bond donors (Lipinski definition) is 2. The monoisotopic (exact) mass is 468 g/mol. The van der Waals surface area contributed by atoms with E-state index in [-0.39, 0.29) is 34.7 Å². The van der Waals surface area contributed by atoms with E-state index >= 15 is 0 Å². The highest BCUT2D eigenvalue weighted by Crippen LogP contribution is 2.25. The van der Waals surface area contributed by atoms with E-state index in [1.165, 1.54) is 25.3 Å². The fraction of sp³-hybridized carbons (Fsp3) is 0.240. The third-order valence-electron chi connectivity index (χ3n) is 5.23. The van der Waals surface area contributed by atoms with Crippen molar-refractivity contribution in [1.82, 2.24) is 10.0 Å². The van der Waals surface area contributed by atoms with Crippen LogP contribution in [0.25, 0.3) is 0 Å². The number of rotatable bonds is 10. The molecule has 0 aliphatic rings. The second-order valence-corrected chi connectivity index (χ2v) is 9.20. The van der Waals surface area contributed by atoms with E-state index in [2.05, 4.69) is 10.0 Å². The van der Waals surface area contributed by atoms with Gasteiger partial charge in [-0.1, -0.05) is 42.5 Å². The molecule has 33 heavy (non-hydrogen) atoms. The molecule has 3 aromatic rings. The summed E-state index contributed by atoms with van der Waals surface area (Å²) >= 11 is 0. The molecule has 7 nitrogen and oxygen atoms in total. The van der Waals surface area contributed by atoms with Gasteiger partial charge in [0.05, 0.1) is 20.3 Å². The van der Waals surface area contributed by atoms with E-state index in [1.54, 1.807) is 7.11 Å². The fourth-order valence-electron chi connectivity index (χ4n) is 3.34. The van der Waals surface area contributed by atoms with Crippen LogP contribution >= 0.6 is 0 Å². The van der Waals surface area contributed by atoms with Crippen LogP contribution in [0.3, 0.4) is 0 Å². The van der Waals surface area contributed by atoms with Crippen molar-refractivity contribution in [2.24, 2.45) is 0 Å². The zero-order valence-electron chi connectivity index (χ0n) is 18.9. The molecule has 0 unspecified atom stereocenters. The molecule has 8 heteroatoms. The molecule has 0 aliphatic carbocycles. The maximum atomic E-state index is 12.9. The van der Waals surface area contributed by atoms with Crippen molar-refractivity contribution >= 4 is 15.9 Å². The lowest BCUT2D eigenvalue weighted by Gasteiger charge is -2.16. The van der Waals surface area contributed by atoms with E-state index in [0.717, 1.165) is 16.9 Å². The van der Waals surface area contributed by atoms with E-state index in [9.17, 15) is 13.2 Å². The number of carbonyl (C=O) groups is 1. The minimum Gasteiger partial charge on any atom is -0.497 e. The summed E-state index contributed by atoms with van der Waals surface area (Å²) in [6.07, 6.45) is 0.544. The summed E-state index contributed by atoms with van der Waals surface area (Å²) in [7, 11) is -0.904. The molecule has 0 bridgehead atoms. The van der Waals surface area contributed by atoms with E-state index in [1.807, 2.05) is 61.5 Å². The summed E-state index contributed by atoms with van der Waals surface area (Å²) < 4.78 is 38.9. The van der Waals surface area contributed by atoms with Crippen molar-refractivity contribution in [3.05, 3.63) is 89.5 Å². The summed E-state index contributed by atoms with van der Waals surface area (Å²) in [6, 6.07) is 21.0. The summed E-state index contributed by atoms with van der Waals surface area (Å²) in [5.74, 6) is 0.505. The molecule has 0 spiro atoms. The lowest BCUT2D eigenvalue weighted by Crippen LogP contribution is -2.28. The molecule has 3 aromatic carbocycles. The normalized spacial score (nSPS) is 12.1. The summed E-state index contributed by atoms with van der Waals surface area (Å²) in [6.45, 7) is 2.08. The number of carbonyl (C=O) groups excluding carboxylic acids is 1. The van der Waals surface area contributed by atoms with Gasteiger partial charge >= 0.3 is 0 Å². The second-order valence-electron chi connectivity index (χ2n) is 7.47. The molecule has 0 heterocycles. The Hall–Kier alpha value is -3.36. The molecule has 0 saturated heterocycles. The quantitative estimate of drug-likeness (QED) is 0.473. The Morgan fingerprint density at radius 2 is 1.64 bits per heavy atom. The van der Waals surface area contributed by atoms with Crippen LogP contribution in [0.15, 0.2) is 77.7 Å². The van der Waals surface area contributed by atoms with Crippen LogP contribution in [0.1, 0.15) is 34.5 Å². The van der Waals surface area contributed by atoms with Gasteiger partial charge in [0.1, 0.15) is 16.4 Å². The van der Waals surface area contributed by atoms with Crippen LogP contribution in [-0.4, -0.2) is 35.1 Å². The first-order valence-electron chi connectivity index (χ1n) is 10.5. The Kier molecular flexibility index (Phi) is 8.08. The zero-order chi connectivity index (χ0) is 23.8. The van der Waals surface area contributed by atoms with Gasteiger partial charge < -0.3 is 14.8 Å². The van der Waals surface area contributed by atoms with Gasteiger partial charge in [0.2, 0.25) is 10.0 Å². The third kappa shape index (κ3) is 6.34. The van der Waals surface area contributed by atoms with Gasteiger partial charge in [0.15, 0.2) is 0 Å². The predicted octanol–water partition coefficient (Wildman–Crippen LogP) is 3.72. The van der Waals surface area contributed by atoms with Gasteiger partial charge in [-0.05, 0) is 54.8 Å². The Morgan fingerprint density at radius 1 is 0.939 bits per heavy atom. The second kappa shape index (κ2) is 11.0. The minimum atomic E-state index is -3.89. The highest BCUT2D eigenvalue weighted by Gasteiger charge is 2.22. The first-order valence-corrected chi connectivity index (χ1v) is 12.0. The highest BCUT2D eigenvalue weighted by molar-refractivity contribution is 7.89. The van der Waals surface area contributed by atoms with Gasteiger partial charge in [-0.2, -0.15) is 0 Å². The van der Waals surface area contributed by atoms with Crippen molar-refractivity contribution in [3.63, 3.8) is 0 Å². The first-order chi connectivity index (χ1) is 15.8. The molecule has 1 amide bonds. The molecule has 0 fully saturated rings. The number of ether oxygens (including phenoxy) is 2. The smallest absolute Gasteiger partial charge is 0.251 e. The highest BCUT2D eigenvalue weighted by atomic mass is 32.2. The molecular weight excluding hydrogens is 440 g/mol. The molecule has 0 radical (unpaired) electrons. The van der Waals surface area contributed by atoms with E-state index in [0.29, 0.717) is 6.42 Å². The fourth-order valence-corrected chi connectivity index (χ4v) is 4.56. The number of hydrogen-bond acceptors (Lipinski definition) is 5. The van der Waals surface area contributed by atoms with Crippen molar-refractivity contribution in [2.45, 2.75) is 24.3 Å². The molecule has 0 aliphatic heterocycles. The predicted molar refractivity (Wildman–Crippen MR) is 127 cm³/mol. The summed E-state index contributed by atoms with van der Waals surface area (Å²) in [5, 5.41) is 2.89. The Balaban J connectivity index is 1.73. The van der Waals surface area contributed by atoms with Gasteiger partial charge in [-0.3, -0.25) is 4.79 Å². The number of amides is 1. The lowest BCUT2D eigenvalue weighted by molar-refractivity contribution is 0.0939. The Morgan fingerprint density at radius 3 is 2.27 bits per heavy atom. The standard InChI is InChI=1S/C25H28N2O5S/c1-18(20-9-12-22(31-2)13-10-20)27-25(28)21-11-14-23(32-3)24(17-21)33(29,30)26-16-15-19-7-5-4-6-8-19/h4-14,17-18,26H,15-16H2,1-3H3,(H,27,28)/t18-/m1/s1. The van der Waals surface area contributed by atoms with E-state index in [4.69, 9.17) is 9.47 Å². The van der Waals surface area contributed by atoms with Crippen molar-refractivity contribution in [1.29, 1.82) is 0 Å². The number of sulfonamides is 1. The molecule has 174 valence electrons. The largest absolute Gasteiger partial charge is 0.497 e. The Labute approximate surface area is 194 Å². The number of methoxy groups -OCH3 is 2. The lowest BCUT2D eigenvalue weighted by atomic mass is 10.1.